The molecular formula is C21H24N8O2S. The number of imidazole rings is 1. The summed E-state index contributed by atoms with van der Waals surface area (Å²) in [5.74, 6) is 0.550. The van der Waals surface area contributed by atoms with E-state index in [1.54, 1.807) is 25.0 Å². The first kappa shape index (κ1) is 21.6. The van der Waals surface area contributed by atoms with Gasteiger partial charge in [0.2, 0.25) is 5.91 Å². The number of carbonyl (C=O) groups excluding carboxylic acids is 2. The first-order valence-corrected chi connectivity index (χ1v) is 11.3. The molecule has 1 atom stereocenters. The number of carbonyl (C=O) groups is 2. The second-order valence-corrected chi connectivity index (χ2v) is 8.26. The van der Waals surface area contributed by atoms with Crippen LogP contribution < -0.4 is 10.6 Å². The van der Waals surface area contributed by atoms with Gasteiger partial charge >= 0.3 is 0 Å². The van der Waals surface area contributed by atoms with Gasteiger partial charge in [0.15, 0.2) is 0 Å². The minimum Gasteiger partial charge on any atom is -0.359 e. The average Bonchev–Trinajstić information content (AvgIpc) is 3.58. The molecule has 32 heavy (non-hydrogen) atoms. The van der Waals surface area contributed by atoms with E-state index in [9.17, 15) is 9.59 Å². The fraction of sp³-hybridized carbons (Fsp3) is 0.333. The van der Waals surface area contributed by atoms with Crippen LogP contribution in [-0.2, 0) is 4.79 Å². The van der Waals surface area contributed by atoms with Crippen molar-refractivity contribution in [1.82, 2.24) is 41.0 Å². The Kier molecular flexibility index (Phi) is 6.85. The minimum absolute atomic E-state index is 0.0415. The zero-order chi connectivity index (χ0) is 22.3. The average molecular weight is 453 g/mol. The highest BCUT2D eigenvalue weighted by Gasteiger charge is 2.20. The molecule has 2 amide bonds. The second-order valence-electron chi connectivity index (χ2n) is 7.37. The Balaban J connectivity index is 1.47. The summed E-state index contributed by atoms with van der Waals surface area (Å²) in [6.07, 6.45) is 7.06. The third kappa shape index (κ3) is 5.17. The lowest BCUT2D eigenvalue weighted by Gasteiger charge is -2.16. The Hall–Kier alpha value is -3.60. The molecule has 10 nitrogen and oxygen atoms in total. The number of thiazole rings is 1. The van der Waals surface area contributed by atoms with E-state index in [1.165, 1.54) is 11.3 Å². The number of nitrogens with zero attached hydrogens (tertiary/aromatic N) is 4. The number of aromatic amines is 2. The minimum atomic E-state index is -0.283. The van der Waals surface area contributed by atoms with Crippen molar-refractivity contribution in [2.45, 2.75) is 38.1 Å². The van der Waals surface area contributed by atoms with Gasteiger partial charge in [-0.2, -0.15) is 15.4 Å². The molecule has 1 unspecified atom stereocenters. The molecule has 4 rings (SSSR count). The monoisotopic (exact) mass is 452 g/mol. The van der Waals surface area contributed by atoms with E-state index in [0.29, 0.717) is 23.5 Å². The lowest BCUT2D eigenvalue weighted by Crippen LogP contribution is -2.28. The third-order valence-corrected chi connectivity index (χ3v) is 5.96. The van der Waals surface area contributed by atoms with E-state index in [-0.39, 0.29) is 17.9 Å². The van der Waals surface area contributed by atoms with Gasteiger partial charge in [0.25, 0.3) is 5.91 Å². The largest absolute Gasteiger partial charge is 0.359 e. The number of rotatable bonds is 10. The van der Waals surface area contributed by atoms with Crippen LogP contribution in [-0.4, -0.2) is 49.2 Å². The van der Waals surface area contributed by atoms with Crippen molar-refractivity contribution in [2.75, 3.05) is 7.05 Å². The SMILES string of the molecule is CNC(=O)CCCCCC(NC(=O)c1cncs1)c1ncc(-c2ccc3n[nH]nc3c2)[nH]1. The molecule has 11 heteroatoms. The van der Waals surface area contributed by atoms with Crippen LogP contribution >= 0.6 is 11.3 Å². The lowest BCUT2D eigenvalue weighted by atomic mass is 10.1. The molecule has 3 heterocycles. The molecule has 0 fully saturated rings. The molecule has 0 saturated carbocycles. The highest BCUT2D eigenvalue weighted by Crippen LogP contribution is 2.25. The maximum Gasteiger partial charge on any atom is 0.263 e. The molecule has 4 N–H and O–H groups in total. The van der Waals surface area contributed by atoms with Crippen LogP contribution in [0.4, 0.5) is 0 Å². The Morgan fingerprint density at radius 1 is 1.12 bits per heavy atom. The number of hydrogen-bond acceptors (Lipinski definition) is 7. The van der Waals surface area contributed by atoms with Crippen LogP contribution in [0.15, 0.2) is 36.1 Å². The van der Waals surface area contributed by atoms with Crippen LogP contribution in [0.2, 0.25) is 0 Å². The van der Waals surface area contributed by atoms with E-state index < -0.39 is 0 Å². The number of fused-ring (bicyclic) bond motifs is 1. The first-order valence-electron chi connectivity index (χ1n) is 10.4. The van der Waals surface area contributed by atoms with Crippen LogP contribution in [0.5, 0.6) is 0 Å². The quantitative estimate of drug-likeness (QED) is 0.273. The summed E-state index contributed by atoms with van der Waals surface area (Å²) in [7, 11) is 1.64. The van der Waals surface area contributed by atoms with Gasteiger partial charge in [0.05, 0.1) is 29.6 Å². The van der Waals surface area contributed by atoms with Crippen LogP contribution in [0.3, 0.4) is 0 Å². The maximum atomic E-state index is 12.6. The van der Waals surface area contributed by atoms with Crippen molar-refractivity contribution in [3.63, 3.8) is 0 Å². The molecule has 3 aromatic heterocycles. The van der Waals surface area contributed by atoms with E-state index >= 15 is 0 Å². The molecule has 1 aromatic carbocycles. The summed E-state index contributed by atoms with van der Waals surface area (Å²) in [6.45, 7) is 0. The second kappa shape index (κ2) is 10.1. The Morgan fingerprint density at radius 2 is 2.00 bits per heavy atom. The van der Waals surface area contributed by atoms with Crippen molar-refractivity contribution in [3.05, 3.63) is 46.8 Å². The van der Waals surface area contributed by atoms with E-state index in [0.717, 1.165) is 41.6 Å². The van der Waals surface area contributed by atoms with Gasteiger partial charge in [-0.1, -0.05) is 18.9 Å². The van der Waals surface area contributed by atoms with Crippen molar-refractivity contribution in [2.24, 2.45) is 0 Å². The zero-order valence-corrected chi connectivity index (χ0v) is 18.4. The summed E-state index contributed by atoms with van der Waals surface area (Å²) in [6, 6.07) is 5.49. The Morgan fingerprint density at radius 3 is 2.81 bits per heavy atom. The van der Waals surface area contributed by atoms with E-state index in [4.69, 9.17) is 0 Å². The third-order valence-electron chi connectivity index (χ3n) is 5.19. The summed E-state index contributed by atoms with van der Waals surface area (Å²) in [4.78, 5) is 36.5. The molecule has 0 bridgehead atoms. The van der Waals surface area contributed by atoms with Crippen molar-refractivity contribution >= 4 is 34.2 Å². The number of aromatic nitrogens is 6. The highest BCUT2D eigenvalue weighted by molar-refractivity contribution is 7.11. The van der Waals surface area contributed by atoms with E-state index in [2.05, 4.69) is 41.0 Å². The number of amides is 2. The predicted octanol–water partition coefficient (Wildman–Crippen LogP) is 2.97. The summed E-state index contributed by atoms with van der Waals surface area (Å²) in [5.41, 5.74) is 4.96. The van der Waals surface area contributed by atoms with Crippen molar-refractivity contribution in [3.8, 4) is 11.3 Å². The van der Waals surface area contributed by atoms with Gasteiger partial charge < -0.3 is 15.6 Å². The molecule has 0 aliphatic heterocycles. The van der Waals surface area contributed by atoms with Gasteiger partial charge in [-0.05, 0) is 25.0 Å². The molecule has 0 spiro atoms. The normalized spacial score (nSPS) is 12.0. The van der Waals surface area contributed by atoms with Crippen LogP contribution in [0.25, 0.3) is 22.3 Å². The first-order chi connectivity index (χ1) is 15.6. The summed E-state index contributed by atoms with van der Waals surface area (Å²) < 4.78 is 0. The highest BCUT2D eigenvalue weighted by atomic mass is 32.1. The Bertz CT molecular complexity index is 1180. The molecule has 0 aliphatic rings. The van der Waals surface area contributed by atoms with Gasteiger partial charge in [-0.15, -0.1) is 11.3 Å². The van der Waals surface area contributed by atoms with Gasteiger partial charge in [0, 0.05) is 19.0 Å². The molecule has 4 aromatic rings. The van der Waals surface area contributed by atoms with Crippen LogP contribution in [0.1, 0.15) is 53.6 Å². The van der Waals surface area contributed by atoms with Gasteiger partial charge in [0.1, 0.15) is 21.7 Å². The molecule has 166 valence electrons. The fourth-order valence-corrected chi connectivity index (χ4v) is 3.96. The molecule has 0 radical (unpaired) electrons. The number of H-pyrrole nitrogens is 2. The number of benzene rings is 1. The van der Waals surface area contributed by atoms with Crippen molar-refractivity contribution in [1.29, 1.82) is 0 Å². The lowest BCUT2D eigenvalue weighted by molar-refractivity contribution is -0.120. The smallest absolute Gasteiger partial charge is 0.263 e. The van der Waals surface area contributed by atoms with Gasteiger partial charge in [-0.25, -0.2) is 4.98 Å². The number of hydrogen-bond donors (Lipinski definition) is 4. The molecule has 0 aliphatic carbocycles. The molecule has 0 saturated heterocycles. The fourth-order valence-electron chi connectivity index (χ4n) is 3.44. The Labute approximate surface area is 188 Å². The summed E-state index contributed by atoms with van der Waals surface area (Å²) in [5, 5.41) is 16.5. The number of unbranched alkanes of at least 4 members (excludes halogenated alkanes) is 2. The zero-order valence-electron chi connectivity index (χ0n) is 17.6. The van der Waals surface area contributed by atoms with E-state index in [1.807, 2.05) is 18.2 Å². The van der Waals surface area contributed by atoms with Crippen molar-refractivity contribution < 1.29 is 9.59 Å². The molecular weight excluding hydrogens is 428 g/mol. The summed E-state index contributed by atoms with van der Waals surface area (Å²) >= 11 is 1.30. The number of nitrogens with one attached hydrogen (secondary N) is 4. The predicted molar refractivity (Wildman–Crippen MR) is 121 cm³/mol. The van der Waals surface area contributed by atoms with Gasteiger partial charge in [-0.3, -0.25) is 14.6 Å². The van der Waals surface area contributed by atoms with Crippen LogP contribution in [0, 0.1) is 0 Å². The standard InChI is InChI=1S/C21H24N8O2S/c1-22-19(30)6-4-2-3-5-15(26-21(31)18-11-23-12-32-18)20-24-10-17(25-20)13-7-8-14-16(9-13)28-29-27-14/h7-12,15H,2-6H2,1H3,(H,22,30)(H,24,25)(H,26,31)(H,27,28,29). The topological polar surface area (TPSA) is 141 Å². The maximum absolute atomic E-state index is 12.6.